The first-order chi connectivity index (χ1) is 14.9. The lowest BCUT2D eigenvalue weighted by molar-refractivity contribution is -0.113. The van der Waals surface area contributed by atoms with Crippen molar-refractivity contribution >= 4 is 39.3 Å². The molecule has 8 heteroatoms. The quantitative estimate of drug-likeness (QED) is 0.300. The summed E-state index contributed by atoms with van der Waals surface area (Å²) in [4.78, 5) is 12.3. The molecule has 0 fully saturated rings. The molecule has 31 heavy (non-hydrogen) atoms. The number of allylic oxidation sites excluding steroid dienone is 1. The van der Waals surface area contributed by atoms with Crippen LogP contribution >= 0.6 is 27.7 Å². The third-order valence-electron chi connectivity index (χ3n) is 4.52. The first kappa shape index (κ1) is 23.1. The zero-order chi connectivity index (χ0) is 22.4. The Bertz CT molecular complexity index is 1070. The number of ether oxygens (including phenoxy) is 1. The van der Waals surface area contributed by atoms with Gasteiger partial charge in [0, 0.05) is 16.7 Å². The summed E-state index contributed by atoms with van der Waals surface area (Å²) in [6, 6.07) is 13.5. The van der Waals surface area contributed by atoms with Crippen LogP contribution in [-0.4, -0.2) is 26.4 Å². The van der Waals surface area contributed by atoms with Crippen molar-refractivity contribution in [1.29, 1.82) is 0 Å². The van der Waals surface area contributed by atoms with Gasteiger partial charge in [-0.2, -0.15) is 0 Å². The maximum absolute atomic E-state index is 12.3. The fraction of sp³-hybridized carbons (Fsp3) is 0.261. The smallest absolute Gasteiger partial charge is 0.234 e. The third kappa shape index (κ3) is 6.21. The van der Waals surface area contributed by atoms with Gasteiger partial charge in [0.2, 0.25) is 5.91 Å². The summed E-state index contributed by atoms with van der Waals surface area (Å²) in [7, 11) is 0. The highest BCUT2D eigenvalue weighted by molar-refractivity contribution is 9.10. The number of nitrogens with one attached hydrogen (secondary N) is 1. The number of thioether (sulfide) groups is 1. The molecule has 0 saturated heterocycles. The summed E-state index contributed by atoms with van der Waals surface area (Å²) in [5.41, 5.74) is 3.01. The van der Waals surface area contributed by atoms with Crippen molar-refractivity contribution < 1.29 is 9.53 Å². The second-order valence-electron chi connectivity index (χ2n) is 7.11. The number of amides is 1. The van der Waals surface area contributed by atoms with E-state index in [2.05, 4.69) is 51.0 Å². The number of hydrogen-bond acceptors (Lipinski definition) is 5. The molecule has 1 heterocycles. The monoisotopic (exact) mass is 500 g/mol. The maximum Gasteiger partial charge on any atom is 0.234 e. The molecule has 0 saturated carbocycles. The van der Waals surface area contributed by atoms with Crippen LogP contribution in [0.5, 0.6) is 5.75 Å². The number of benzene rings is 2. The Kier molecular flexibility index (Phi) is 7.92. The molecule has 0 aliphatic rings. The van der Waals surface area contributed by atoms with Crippen molar-refractivity contribution in [2.45, 2.75) is 38.6 Å². The van der Waals surface area contributed by atoms with Crippen LogP contribution in [0.4, 0.5) is 5.69 Å². The van der Waals surface area contributed by atoms with Crippen molar-refractivity contribution in [3.05, 3.63) is 76.5 Å². The van der Waals surface area contributed by atoms with Gasteiger partial charge in [-0.25, -0.2) is 0 Å². The van der Waals surface area contributed by atoms with E-state index in [-0.39, 0.29) is 17.8 Å². The predicted octanol–water partition coefficient (Wildman–Crippen LogP) is 5.71. The minimum Gasteiger partial charge on any atom is -0.482 e. The number of carbonyl (C=O) groups is 1. The van der Waals surface area contributed by atoms with E-state index >= 15 is 0 Å². The molecule has 0 spiro atoms. The van der Waals surface area contributed by atoms with E-state index in [1.165, 1.54) is 17.3 Å². The zero-order valence-electron chi connectivity index (χ0n) is 17.8. The highest BCUT2D eigenvalue weighted by atomic mass is 79.9. The lowest BCUT2D eigenvalue weighted by Crippen LogP contribution is -2.15. The Morgan fingerprint density at radius 3 is 2.68 bits per heavy atom. The van der Waals surface area contributed by atoms with Gasteiger partial charge in [0.1, 0.15) is 5.75 Å². The van der Waals surface area contributed by atoms with Crippen molar-refractivity contribution in [2.24, 2.45) is 0 Å². The first-order valence-corrected chi connectivity index (χ1v) is 11.6. The number of halogens is 1. The van der Waals surface area contributed by atoms with Crippen molar-refractivity contribution in [3.63, 3.8) is 0 Å². The van der Waals surface area contributed by atoms with E-state index in [1.54, 1.807) is 6.08 Å². The minimum atomic E-state index is -0.306. The summed E-state index contributed by atoms with van der Waals surface area (Å²) < 4.78 is 9.04. The Hall–Kier alpha value is -2.58. The molecule has 0 radical (unpaired) electrons. The minimum absolute atomic E-state index is 0.110. The average molecular weight is 501 g/mol. The molecule has 2 aromatic carbocycles. The van der Waals surface area contributed by atoms with Gasteiger partial charge in [0.05, 0.1) is 5.75 Å². The van der Waals surface area contributed by atoms with Crippen molar-refractivity contribution in [3.8, 4) is 5.75 Å². The van der Waals surface area contributed by atoms with Crippen LogP contribution in [0.25, 0.3) is 0 Å². The summed E-state index contributed by atoms with van der Waals surface area (Å²) in [6.45, 7) is 10.4. The van der Waals surface area contributed by atoms with Crippen LogP contribution in [0, 0.1) is 13.8 Å². The molecule has 3 rings (SSSR count). The van der Waals surface area contributed by atoms with Crippen molar-refractivity contribution in [2.75, 3.05) is 11.1 Å². The van der Waals surface area contributed by atoms with Crippen LogP contribution in [0.15, 0.2) is 64.7 Å². The Balaban J connectivity index is 1.68. The largest absolute Gasteiger partial charge is 0.482 e. The van der Waals surface area contributed by atoms with Gasteiger partial charge in [-0.1, -0.05) is 51.5 Å². The molecule has 1 N–H and O–H groups in total. The number of rotatable bonds is 9. The summed E-state index contributed by atoms with van der Waals surface area (Å²) >= 11 is 4.72. The standard InChI is InChI=1S/C23H25BrN4O2S/c1-5-12-28-22(17(4)30-20-11-6-15(2)13-16(20)3)26-27-23(28)31-14-21(29)25-19-9-7-18(24)8-10-19/h5-11,13,17H,1,12,14H2,2-4H3,(H,25,29). The first-order valence-electron chi connectivity index (χ1n) is 9.83. The summed E-state index contributed by atoms with van der Waals surface area (Å²) in [6.07, 6.45) is 1.47. The van der Waals surface area contributed by atoms with Gasteiger partial charge in [-0.15, -0.1) is 16.8 Å². The summed E-state index contributed by atoms with van der Waals surface area (Å²) in [5.74, 6) is 1.61. The SMILES string of the molecule is C=CCn1c(SCC(=O)Nc2ccc(Br)cc2)nnc1C(C)Oc1ccc(C)cc1C. The lowest BCUT2D eigenvalue weighted by Gasteiger charge is -2.17. The molecule has 1 amide bonds. The molecule has 3 aromatic rings. The molecular weight excluding hydrogens is 476 g/mol. The fourth-order valence-electron chi connectivity index (χ4n) is 3.04. The second kappa shape index (κ2) is 10.6. The zero-order valence-corrected chi connectivity index (χ0v) is 20.2. The van der Waals surface area contributed by atoms with E-state index in [4.69, 9.17) is 4.74 Å². The number of nitrogens with zero attached hydrogens (tertiary/aromatic N) is 3. The molecular formula is C23H25BrN4O2S. The van der Waals surface area contributed by atoms with E-state index in [0.717, 1.165) is 21.5 Å². The van der Waals surface area contributed by atoms with Crippen LogP contribution in [-0.2, 0) is 11.3 Å². The van der Waals surface area contributed by atoms with Gasteiger partial charge in [0.15, 0.2) is 17.1 Å². The maximum atomic E-state index is 12.3. The molecule has 1 atom stereocenters. The molecule has 1 unspecified atom stereocenters. The van der Waals surface area contributed by atoms with Crippen LogP contribution in [0.1, 0.15) is 30.0 Å². The highest BCUT2D eigenvalue weighted by Crippen LogP contribution is 2.27. The Morgan fingerprint density at radius 2 is 2.00 bits per heavy atom. The number of hydrogen-bond donors (Lipinski definition) is 1. The van der Waals surface area contributed by atoms with Gasteiger partial charge in [-0.05, 0) is 56.7 Å². The Labute approximate surface area is 195 Å². The number of aryl methyl sites for hydroxylation is 2. The molecule has 6 nitrogen and oxygen atoms in total. The van der Waals surface area contributed by atoms with E-state index in [1.807, 2.05) is 54.8 Å². The van der Waals surface area contributed by atoms with E-state index in [9.17, 15) is 4.79 Å². The number of carbonyl (C=O) groups excluding carboxylic acids is 1. The molecule has 0 aliphatic heterocycles. The summed E-state index contributed by atoms with van der Waals surface area (Å²) in [5, 5.41) is 12.1. The lowest BCUT2D eigenvalue weighted by atomic mass is 10.1. The molecule has 1 aromatic heterocycles. The number of aromatic nitrogens is 3. The topological polar surface area (TPSA) is 69.0 Å². The van der Waals surface area contributed by atoms with E-state index < -0.39 is 0 Å². The Morgan fingerprint density at radius 1 is 1.26 bits per heavy atom. The van der Waals surface area contributed by atoms with Crippen molar-refractivity contribution in [1.82, 2.24) is 14.8 Å². The van der Waals surface area contributed by atoms with Crippen LogP contribution in [0.3, 0.4) is 0 Å². The molecule has 0 aliphatic carbocycles. The number of anilines is 1. The second-order valence-corrected chi connectivity index (χ2v) is 8.97. The fourth-order valence-corrected chi connectivity index (χ4v) is 4.06. The van der Waals surface area contributed by atoms with Gasteiger partial charge >= 0.3 is 0 Å². The molecule has 162 valence electrons. The van der Waals surface area contributed by atoms with Gasteiger partial charge in [-0.3, -0.25) is 9.36 Å². The average Bonchev–Trinajstić information content (AvgIpc) is 3.13. The highest BCUT2D eigenvalue weighted by Gasteiger charge is 2.20. The van der Waals surface area contributed by atoms with Crippen LogP contribution in [0.2, 0.25) is 0 Å². The predicted molar refractivity (Wildman–Crippen MR) is 129 cm³/mol. The van der Waals surface area contributed by atoms with Gasteiger partial charge < -0.3 is 10.1 Å². The van der Waals surface area contributed by atoms with Crippen LogP contribution < -0.4 is 10.1 Å². The van der Waals surface area contributed by atoms with Gasteiger partial charge in [0.25, 0.3) is 0 Å². The normalized spacial score (nSPS) is 11.7. The molecule has 0 bridgehead atoms. The van der Waals surface area contributed by atoms with E-state index in [0.29, 0.717) is 17.5 Å². The third-order valence-corrected chi connectivity index (χ3v) is 6.01.